The number of benzene rings is 1. The van der Waals surface area contributed by atoms with E-state index in [1.807, 2.05) is 24.3 Å². The molecule has 1 N–H and O–H groups in total. The van der Waals surface area contributed by atoms with Crippen molar-refractivity contribution in [1.29, 1.82) is 0 Å². The molecule has 0 aliphatic rings. The molecule has 0 aliphatic carbocycles. The van der Waals surface area contributed by atoms with Gasteiger partial charge in [-0.3, -0.25) is 0 Å². The van der Waals surface area contributed by atoms with E-state index in [1.165, 1.54) is 0 Å². The standard InChI is InChI=1S/C7H6N2.B.Li/c1-2-4-7-6(3-1)8-5-9-7;;/h1-5H,(H,8,9);;. The maximum Gasteiger partial charge on any atom is 0.0931 e. The molecule has 1 heterocycles. The molecule has 4 heteroatoms. The first-order chi connectivity index (χ1) is 4.47. The summed E-state index contributed by atoms with van der Waals surface area (Å²) in [6.07, 6.45) is 1.70. The maximum atomic E-state index is 4.06. The molecule has 4 radical (unpaired) electrons. The van der Waals surface area contributed by atoms with E-state index < -0.39 is 0 Å². The van der Waals surface area contributed by atoms with Crippen molar-refractivity contribution in [3.05, 3.63) is 30.6 Å². The third-order valence-corrected chi connectivity index (χ3v) is 1.33. The number of H-pyrrole nitrogens is 1. The molecule has 0 atom stereocenters. The van der Waals surface area contributed by atoms with Crippen LogP contribution in [-0.4, -0.2) is 37.2 Å². The first kappa shape index (κ1) is 10.4. The minimum absolute atomic E-state index is 0. The van der Waals surface area contributed by atoms with Crippen molar-refractivity contribution in [3.8, 4) is 0 Å². The fourth-order valence-electron chi connectivity index (χ4n) is 0.880. The summed E-state index contributed by atoms with van der Waals surface area (Å²) in [5, 5.41) is 0. The van der Waals surface area contributed by atoms with E-state index in [0.29, 0.717) is 0 Å². The molecule has 0 saturated carbocycles. The Morgan fingerprint density at radius 2 is 1.91 bits per heavy atom. The van der Waals surface area contributed by atoms with Gasteiger partial charge in [0.25, 0.3) is 0 Å². The van der Waals surface area contributed by atoms with Gasteiger partial charge in [0.1, 0.15) is 0 Å². The van der Waals surface area contributed by atoms with E-state index >= 15 is 0 Å². The zero-order chi connectivity index (χ0) is 6.10. The minimum atomic E-state index is 0. The summed E-state index contributed by atoms with van der Waals surface area (Å²) >= 11 is 0. The van der Waals surface area contributed by atoms with Crippen LogP contribution in [0.2, 0.25) is 0 Å². The van der Waals surface area contributed by atoms with Gasteiger partial charge in [-0.05, 0) is 12.1 Å². The molecule has 0 saturated heterocycles. The number of aromatic amines is 1. The van der Waals surface area contributed by atoms with Crippen LogP contribution < -0.4 is 0 Å². The molecule has 2 rings (SSSR count). The van der Waals surface area contributed by atoms with Crippen molar-refractivity contribution >= 4 is 38.3 Å². The van der Waals surface area contributed by atoms with Gasteiger partial charge in [-0.1, -0.05) is 12.1 Å². The van der Waals surface area contributed by atoms with Gasteiger partial charge in [-0.2, -0.15) is 0 Å². The second kappa shape index (κ2) is 4.28. The van der Waals surface area contributed by atoms with Crippen LogP contribution >= 0.6 is 0 Å². The van der Waals surface area contributed by atoms with Gasteiger partial charge < -0.3 is 4.98 Å². The molecule has 48 valence electrons. The van der Waals surface area contributed by atoms with Crippen LogP contribution in [0.3, 0.4) is 0 Å². The Labute approximate surface area is 79.2 Å². The number of rotatable bonds is 0. The van der Waals surface area contributed by atoms with Crippen molar-refractivity contribution in [2.75, 3.05) is 0 Å². The Balaban J connectivity index is 0.000000500. The summed E-state index contributed by atoms with van der Waals surface area (Å²) in [6, 6.07) is 7.94. The SMILES string of the molecule is [B].[Li].c1ccc2[nH]cnc2c1. The zero-order valence-corrected chi connectivity index (χ0v) is 6.41. The first-order valence-electron chi connectivity index (χ1n) is 2.85. The number of fused-ring (bicyclic) bond motifs is 1. The van der Waals surface area contributed by atoms with Crippen LogP contribution in [0.5, 0.6) is 0 Å². The summed E-state index contributed by atoms with van der Waals surface area (Å²) in [5.41, 5.74) is 2.12. The molecule has 2 aromatic rings. The van der Waals surface area contributed by atoms with Gasteiger partial charge in [0.2, 0.25) is 0 Å². The second-order valence-electron chi connectivity index (χ2n) is 1.92. The van der Waals surface area contributed by atoms with Crippen molar-refractivity contribution in [2.45, 2.75) is 0 Å². The topological polar surface area (TPSA) is 28.7 Å². The average molecular weight is 136 g/mol. The normalized spacial score (nSPS) is 8.36. The molecular formula is C7H6BLiN2. The van der Waals surface area contributed by atoms with Gasteiger partial charge in [-0.15, -0.1) is 0 Å². The molecule has 2 nitrogen and oxygen atoms in total. The van der Waals surface area contributed by atoms with Crippen molar-refractivity contribution in [1.82, 2.24) is 9.97 Å². The number of nitrogens with one attached hydrogen (secondary N) is 1. The van der Waals surface area contributed by atoms with Crippen LogP contribution in [0.15, 0.2) is 30.6 Å². The van der Waals surface area contributed by atoms with E-state index in [9.17, 15) is 0 Å². The monoisotopic (exact) mass is 136 g/mol. The van der Waals surface area contributed by atoms with Crippen molar-refractivity contribution in [3.63, 3.8) is 0 Å². The van der Waals surface area contributed by atoms with Crippen LogP contribution in [0, 0.1) is 0 Å². The van der Waals surface area contributed by atoms with Gasteiger partial charge in [-0.25, -0.2) is 4.98 Å². The summed E-state index contributed by atoms with van der Waals surface area (Å²) in [4.78, 5) is 7.07. The molecule has 0 aliphatic heterocycles. The Bertz CT molecular complexity index is 290. The molecular weight excluding hydrogens is 130 g/mol. The number of hydrogen-bond acceptors (Lipinski definition) is 1. The van der Waals surface area contributed by atoms with Crippen LogP contribution in [-0.2, 0) is 0 Å². The predicted molar refractivity (Wildman–Crippen MR) is 47.6 cm³/mol. The summed E-state index contributed by atoms with van der Waals surface area (Å²) in [5.74, 6) is 0. The predicted octanol–water partition coefficient (Wildman–Crippen LogP) is 0.801. The van der Waals surface area contributed by atoms with Crippen molar-refractivity contribution in [2.24, 2.45) is 0 Å². The summed E-state index contributed by atoms with van der Waals surface area (Å²) < 4.78 is 0. The number of aromatic nitrogens is 2. The van der Waals surface area contributed by atoms with Crippen LogP contribution in [0.25, 0.3) is 11.0 Å². The van der Waals surface area contributed by atoms with E-state index in [0.717, 1.165) is 11.0 Å². The van der Waals surface area contributed by atoms with Crippen LogP contribution in [0.4, 0.5) is 0 Å². The van der Waals surface area contributed by atoms with Gasteiger partial charge >= 0.3 is 0 Å². The second-order valence-corrected chi connectivity index (χ2v) is 1.92. The largest absolute Gasteiger partial charge is 0.345 e. The van der Waals surface area contributed by atoms with Gasteiger partial charge in [0.15, 0.2) is 0 Å². The third kappa shape index (κ3) is 1.89. The fraction of sp³-hybridized carbons (Fsp3) is 0. The van der Waals surface area contributed by atoms with Gasteiger partial charge in [0.05, 0.1) is 17.4 Å². The molecule has 0 bridgehead atoms. The number of imidazole rings is 1. The molecule has 0 spiro atoms. The molecule has 1 aromatic heterocycles. The molecule has 11 heavy (non-hydrogen) atoms. The molecule has 0 fully saturated rings. The summed E-state index contributed by atoms with van der Waals surface area (Å²) in [6.45, 7) is 0. The fourth-order valence-corrected chi connectivity index (χ4v) is 0.880. The van der Waals surface area contributed by atoms with E-state index in [2.05, 4.69) is 9.97 Å². The quantitative estimate of drug-likeness (QED) is 0.533. The Kier molecular flexibility index (Phi) is 4.02. The van der Waals surface area contributed by atoms with Crippen LogP contribution in [0.1, 0.15) is 0 Å². The van der Waals surface area contributed by atoms with Gasteiger partial charge in [0, 0.05) is 27.3 Å². The Morgan fingerprint density at radius 3 is 2.64 bits per heavy atom. The molecule has 0 amide bonds. The maximum absolute atomic E-state index is 4.06. The molecule has 0 unspecified atom stereocenters. The number of hydrogen-bond donors (Lipinski definition) is 1. The Morgan fingerprint density at radius 1 is 1.18 bits per heavy atom. The Hall–Kier alpha value is -0.648. The minimum Gasteiger partial charge on any atom is -0.345 e. The molecule has 1 aromatic carbocycles. The van der Waals surface area contributed by atoms with E-state index in [-0.39, 0.29) is 27.3 Å². The van der Waals surface area contributed by atoms with Crippen molar-refractivity contribution < 1.29 is 0 Å². The third-order valence-electron chi connectivity index (χ3n) is 1.33. The van der Waals surface area contributed by atoms with E-state index in [4.69, 9.17) is 0 Å². The van der Waals surface area contributed by atoms with E-state index in [1.54, 1.807) is 6.33 Å². The first-order valence-corrected chi connectivity index (χ1v) is 2.85. The zero-order valence-electron chi connectivity index (χ0n) is 6.41. The number of para-hydroxylation sites is 2. The summed E-state index contributed by atoms with van der Waals surface area (Å²) in [7, 11) is 0. The average Bonchev–Trinajstić information content (AvgIpc) is 2.33. The smallest absolute Gasteiger partial charge is 0.0931 e. The number of nitrogens with zero attached hydrogens (tertiary/aromatic N) is 1.